The highest BCUT2D eigenvalue weighted by Crippen LogP contribution is 2.29. The van der Waals surface area contributed by atoms with Crippen LogP contribution >= 0.6 is 11.8 Å². The molecule has 188 valence electrons. The van der Waals surface area contributed by atoms with Crippen LogP contribution in [0.2, 0.25) is 0 Å². The summed E-state index contributed by atoms with van der Waals surface area (Å²) >= 11 is 1.53. The standard InChI is InChI=1S/C26H30FNO5S2/c1-3-13-28(14-15-34-23-9-12-25(19(2)16-23)33-18-26(29)30)35(31,32)24-10-7-20(8-11-24)21-5-4-6-22(27)17-21/h6-12,16-17H,3-5,13-15,18H2,1-2H3,(H,29,30). The number of carboxylic acids is 1. The van der Waals surface area contributed by atoms with Gasteiger partial charge in [-0.25, -0.2) is 17.6 Å². The Morgan fingerprint density at radius 2 is 1.91 bits per heavy atom. The number of carbonyl (C=O) groups is 1. The Hall–Kier alpha value is -2.62. The Morgan fingerprint density at radius 3 is 2.54 bits per heavy atom. The number of sulfonamides is 1. The molecule has 9 heteroatoms. The molecule has 1 aliphatic rings. The van der Waals surface area contributed by atoms with E-state index in [0.717, 1.165) is 28.0 Å². The molecule has 0 saturated heterocycles. The van der Waals surface area contributed by atoms with E-state index < -0.39 is 22.6 Å². The van der Waals surface area contributed by atoms with Crippen LogP contribution in [0.1, 0.15) is 37.3 Å². The second kappa shape index (κ2) is 12.4. The summed E-state index contributed by atoms with van der Waals surface area (Å²) in [5, 5.41) is 8.76. The van der Waals surface area contributed by atoms with E-state index in [2.05, 4.69) is 0 Å². The average Bonchev–Trinajstić information content (AvgIpc) is 2.83. The summed E-state index contributed by atoms with van der Waals surface area (Å²) in [6, 6.07) is 12.1. The van der Waals surface area contributed by atoms with Crippen LogP contribution in [0.25, 0.3) is 5.57 Å². The Kier molecular flexibility index (Phi) is 9.54. The van der Waals surface area contributed by atoms with Crippen LogP contribution in [0.3, 0.4) is 0 Å². The minimum absolute atomic E-state index is 0.225. The summed E-state index contributed by atoms with van der Waals surface area (Å²) in [5.41, 5.74) is 2.51. The van der Waals surface area contributed by atoms with Crippen molar-refractivity contribution in [1.82, 2.24) is 4.31 Å². The minimum atomic E-state index is -3.67. The van der Waals surface area contributed by atoms with E-state index in [1.165, 1.54) is 22.1 Å². The van der Waals surface area contributed by atoms with Crippen LogP contribution in [0.15, 0.2) is 70.2 Å². The van der Waals surface area contributed by atoms with Crippen molar-refractivity contribution in [2.24, 2.45) is 0 Å². The molecule has 2 aromatic carbocycles. The van der Waals surface area contributed by atoms with Crippen molar-refractivity contribution in [2.45, 2.75) is 42.9 Å². The Labute approximate surface area is 210 Å². The predicted octanol–water partition coefficient (Wildman–Crippen LogP) is 5.68. The van der Waals surface area contributed by atoms with E-state index in [1.807, 2.05) is 26.0 Å². The maximum absolute atomic E-state index is 13.6. The van der Waals surface area contributed by atoms with Crippen molar-refractivity contribution in [3.63, 3.8) is 0 Å². The van der Waals surface area contributed by atoms with Gasteiger partial charge in [-0.2, -0.15) is 4.31 Å². The number of ether oxygens (including phenoxy) is 1. The van der Waals surface area contributed by atoms with E-state index in [0.29, 0.717) is 37.4 Å². The molecule has 0 atom stereocenters. The predicted molar refractivity (Wildman–Crippen MR) is 137 cm³/mol. The SMILES string of the molecule is CCCN(CCSc1ccc(OCC(=O)O)c(C)c1)S(=O)(=O)c1ccc(C2=CC(F)=CCC2)cc1. The number of benzene rings is 2. The fraction of sp³-hybridized carbons (Fsp3) is 0.346. The smallest absolute Gasteiger partial charge is 0.341 e. The highest BCUT2D eigenvalue weighted by Gasteiger charge is 2.24. The van der Waals surface area contributed by atoms with Gasteiger partial charge in [0, 0.05) is 23.7 Å². The number of halogens is 1. The van der Waals surface area contributed by atoms with Gasteiger partial charge in [0.1, 0.15) is 11.6 Å². The summed E-state index contributed by atoms with van der Waals surface area (Å²) in [5.74, 6) is -0.220. The summed E-state index contributed by atoms with van der Waals surface area (Å²) in [6.07, 6.45) is 5.10. The molecule has 2 aromatic rings. The molecule has 35 heavy (non-hydrogen) atoms. The third-order valence-corrected chi connectivity index (χ3v) is 8.39. The topological polar surface area (TPSA) is 83.9 Å². The molecular weight excluding hydrogens is 489 g/mol. The molecule has 0 heterocycles. The lowest BCUT2D eigenvalue weighted by molar-refractivity contribution is -0.139. The van der Waals surface area contributed by atoms with Gasteiger partial charge >= 0.3 is 5.97 Å². The van der Waals surface area contributed by atoms with Crippen molar-refractivity contribution < 1.29 is 27.4 Å². The zero-order chi connectivity index (χ0) is 25.4. The largest absolute Gasteiger partial charge is 0.482 e. The fourth-order valence-corrected chi connectivity index (χ4v) is 6.38. The number of aliphatic carboxylic acids is 1. The van der Waals surface area contributed by atoms with Crippen molar-refractivity contribution in [3.05, 3.63) is 71.6 Å². The molecule has 0 spiro atoms. The van der Waals surface area contributed by atoms with Crippen LogP contribution in [0.5, 0.6) is 5.75 Å². The summed E-state index contributed by atoms with van der Waals surface area (Å²) < 4.78 is 46.9. The van der Waals surface area contributed by atoms with Crippen molar-refractivity contribution in [1.29, 1.82) is 0 Å². The molecule has 6 nitrogen and oxygen atoms in total. The maximum atomic E-state index is 13.6. The van der Waals surface area contributed by atoms with Crippen LogP contribution < -0.4 is 4.74 Å². The van der Waals surface area contributed by atoms with Crippen LogP contribution in [0.4, 0.5) is 4.39 Å². The van der Waals surface area contributed by atoms with Crippen LogP contribution in [-0.2, 0) is 14.8 Å². The molecule has 0 radical (unpaired) electrons. The van der Waals surface area contributed by atoms with Gasteiger partial charge in [0.15, 0.2) is 6.61 Å². The van der Waals surface area contributed by atoms with Crippen molar-refractivity contribution in [3.8, 4) is 5.75 Å². The highest BCUT2D eigenvalue weighted by molar-refractivity contribution is 7.99. The van der Waals surface area contributed by atoms with E-state index >= 15 is 0 Å². The maximum Gasteiger partial charge on any atom is 0.341 e. The lowest BCUT2D eigenvalue weighted by Gasteiger charge is -2.22. The zero-order valence-electron chi connectivity index (χ0n) is 19.9. The Morgan fingerprint density at radius 1 is 1.17 bits per heavy atom. The first-order valence-electron chi connectivity index (χ1n) is 11.5. The van der Waals surface area contributed by atoms with Gasteiger partial charge in [-0.3, -0.25) is 0 Å². The van der Waals surface area contributed by atoms with Crippen LogP contribution in [-0.4, -0.2) is 49.2 Å². The number of nitrogens with zero attached hydrogens (tertiary/aromatic N) is 1. The number of aryl methyl sites for hydroxylation is 1. The van der Waals surface area contributed by atoms with E-state index in [4.69, 9.17) is 9.84 Å². The number of rotatable bonds is 12. The van der Waals surface area contributed by atoms with Gasteiger partial charge in [0.25, 0.3) is 0 Å². The molecule has 3 rings (SSSR count). The molecule has 0 bridgehead atoms. The van der Waals surface area contributed by atoms with E-state index in [-0.39, 0.29) is 10.7 Å². The first kappa shape index (κ1) is 27.0. The normalized spacial score (nSPS) is 13.9. The number of hydrogen-bond donors (Lipinski definition) is 1. The monoisotopic (exact) mass is 519 g/mol. The third kappa shape index (κ3) is 7.43. The number of allylic oxidation sites excluding steroid dienone is 4. The van der Waals surface area contributed by atoms with Gasteiger partial charge in [0.05, 0.1) is 4.90 Å². The molecule has 1 aliphatic carbocycles. The molecule has 0 unspecified atom stereocenters. The summed E-state index contributed by atoms with van der Waals surface area (Å²) in [6.45, 7) is 4.14. The van der Waals surface area contributed by atoms with Gasteiger partial charge < -0.3 is 9.84 Å². The van der Waals surface area contributed by atoms with Crippen LogP contribution in [0, 0.1) is 6.92 Å². The fourth-order valence-electron chi connectivity index (χ4n) is 3.76. The molecule has 0 fully saturated rings. The van der Waals surface area contributed by atoms with Gasteiger partial charge in [-0.15, -0.1) is 11.8 Å². The van der Waals surface area contributed by atoms with Gasteiger partial charge in [-0.1, -0.05) is 19.1 Å². The lowest BCUT2D eigenvalue weighted by atomic mass is 9.97. The highest BCUT2D eigenvalue weighted by atomic mass is 32.2. The quantitative estimate of drug-likeness (QED) is 0.363. The molecule has 0 aliphatic heterocycles. The molecule has 0 aromatic heterocycles. The summed E-state index contributed by atoms with van der Waals surface area (Å²) in [7, 11) is -3.67. The molecule has 0 saturated carbocycles. The Bertz CT molecular complexity index is 1210. The zero-order valence-corrected chi connectivity index (χ0v) is 21.5. The molecule has 1 N–H and O–H groups in total. The second-order valence-corrected chi connectivity index (χ2v) is 11.3. The van der Waals surface area contributed by atoms with Crippen molar-refractivity contribution >= 4 is 33.3 Å². The first-order valence-corrected chi connectivity index (χ1v) is 13.9. The number of thioether (sulfide) groups is 1. The number of carboxylic acid groups (broad SMARTS) is 1. The molecular formula is C26H30FNO5S2. The van der Waals surface area contributed by atoms with E-state index in [1.54, 1.807) is 36.4 Å². The van der Waals surface area contributed by atoms with Crippen molar-refractivity contribution in [2.75, 3.05) is 25.4 Å². The average molecular weight is 520 g/mol. The van der Waals surface area contributed by atoms with Gasteiger partial charge in [0.2, 0.25) is 10.0 Å². The second-order valence-electron chi connectivity index (χ2n) is 8.18. The summed E-state index contributed by atoms with van der Waals surface area (Å²) in [4.78, 5) is 11.9. The molecule has 0 amide bonds. The Balaban J connectivity index is 1.65. The third-order valence-electron chi connectivity index (χ3n) is 5.51. The number of hydrogen-bond acceptors (Lipinski definition) is 5. The minimum Gasteiger partial charge on any atom is -0.482 e. The first-order chi connectivity index (χ1) is 16.7. The van der Waals surface area contributed by atoms with E-state index in [9.17, 15) is 17.6 Å². The lowest BCUT2D eigenvalue weighted by Crippen LogP contribution is -2.33. The van der Waals surface area contributed by atoms with Gasteiger partial charge in [-0.05, 0) is 85.4 Å².